The number of aromatic nitrogens is 1. The second kappa shape index (κ2) is 8.22. The van der Waals surface area contributed by atoms with Crippen LogP contribution in [0.15, 0.2) is 46.9 Å². The number of nitrogens with one attached hydrogen (secondary N) is 1. The molecule has 2 fully saturated rings. The standard InChI is InChI=1S/C23H22F2N4O3/c24-15-4-3-5-16(25)20(15)29-13-10-18(22(29)30)27-23(31)28-11-8-14(9-12-28)21-26-17-6-1-2-7-19(17)32-21/h1-7,14,18H,8-13H2,(H,27,31). The van der Waals surface area contributed by atoms with Crippen LogP contribution in [-0.4, -0.2) is 47.5 Å². The Hall–Kier alpha value is -3.49. The van der Waals surface area contributed by atoms with Gasteiger partial charge in [0.25, 0.3) is 0 Å². The van der Waals surface area contributed by atoms with Crippen molar-refractivity contribution in [2.75, 3.05) is 24.5 Å². The number of halogens is 2. The molecule has 2 saturated heterocycles. The van der Waals surface area contributed by atoms with Crippen molar-refractivity contribution in [3.8, 4) is 0 Å². The predicted octanol–water partition coefficient (Wildman–Crippen LogP) is 3.80. The minimum absolute atomic E-state index is 0.124. The number of amides is 3. The molecule has 1 unspecified atom stereocenters. The van der Waals surface area contributed by atoms with Crippen LogP contribution in [0, 0.1) is 11.6 Å². The Morgan fingerprint density at radius 1 is 1.00 bits per heavy atom. The Morgan fingerprint density at radius 2 is 1.72 bits per heavy atom. The van der Waals surface area contributed by atoms with Crippen LogP contribution < -0.4 is 10.2 Å². The molecule has 2 aromatic carbocycles. The lowest BCUT2D eigenvalue weighted by Crippen LogP contribution is -2.50. The summed E-state index contributed by atoms with van der Waals surface area (Å²) in [5.74, 6) is -1.30. The van der Waals surface area contributed by atoms with E-state index in [1.54, 1.807) is 4.90 Å². The molecule has 3 heterocycles. The Bertz CT molecular complexity index is 1120. The van der Waals surface area contributed by atoms with Gasteiger partial charge in [-0.15, -0.1) is 0 Å². The Morgan fingerprint density at radius 3 is 2.44 bits per heavy atom. The number of anilines is 1. The molecule has 32 heavy (non-hydrogen) atoms. The van der Waals surface area contributed by atoms with Crippen molar-refractivity contribution in [1.29, 1.82) is 0 Å². The van der Waals surface area contributed by atoms with Crippen LogP contribution in [0.4, 0.5) is 19.3 Å². The van der Waals surface area contributed by atoms with Crippen LogP contribution in [0.3, 0.4) is 0 Å². The largest absolute Gasteiger partial charge is 0.440 e. The molecule has 0 radical (unpaired) electrons. The second-order valence-corrected chi connectivity index (χ2v) is 8.13. The smallest absolute Gasteiger partial charge is 0.318 e. The fourth-order valence-electron chi connectivity index (χ4n) is 4.42. The van der Waals surface area contributed by atoms with Crippen molar-refractivity contribution >= 4 is 28.7 Å². The number of oxazole rings is 1. The maximum absolute atomic E-state index is 14.1. The molecule has 0 bridgehead atoms. The topological polar surface area (TPSA) is 78.7 Å². The number of fused-ring (bicyclic) bond motifs is 1. The minimum Gasteiger partial charge on any atom is -0.440 e. The molecular formula is C23H22F2N4O3. The summed E-state index contributed by atoms with van der Waals surface area (Å²) >= 11 is 0. The maximum atomic E-state index is 14.1. The van der Waals surface area contributed by atoms with Gasteiger partial charge in [0, 0.05) is 25.6 Å². The molecule has 3 amide bonds. The molecule has 3 aromatic rings. The number of benzene rings is 2. The molecule has 9 heteroatoms. The van der Waals surface area contributed by atoms with Gasteiger partial charge in [-0.1, -0.05) is 18.2 Å². The highest BCUT2D eigenvalue weighted by molar-refractivity contribution is 6.01. The van der Waals surface area contributed by atoms with Gasteiger partial charge >= 0.3 is 6.03 Å². The highest BCUT2D eigenvalue weighted by Gasteiger charge is 2.37. The number of piperidine rings is 1. The fraction of sp³-hybridized carbons (Fsp3) is 0.348. The Labute approximate surface area is 183 Å². The van der Waals surface area contributed by atoms with Crippen molar-refractivity contribution in [3.05, 3.63) is 60.0 Å². The summed E-state index contributed by atoms with van der Waals surface area (Å²) in [4.78, 5) is 32.7. The number of para-hydroxylation sites is 3. The third-order valence-electron chi connectivity index (χ3n) is 6.15. The first kappa shape index (κ1) is 20.4. The summed E-state index contributed by atoms with van der Waals surface area (Å²) < 4.78 is 34.0. The van der Waals surface area contributed by atoms with Gasteiger partial charge in [0.1, 0.15) is 28.9 Å². The molecule has 1 N–H and O–H groups in total. The van der Waals surface area contributed by atoms with Gasteiger partial charge in [0.2, 0.25) is 5.91 Å². The number of rotatable bonds is 3. The normalized spacial score (nSPS) is 19.7. The average molecular weight is 440 g/mol. The van der Waals surface area contributed by atoms with Crippen LogP contribution in [0.1, 0.15) is 31.1 Å². The van der Waals surface area contributed by atoms with Gasteiger partial charge in [0.05, 0.1) is 0 Å². The number of nitrogens with zero attached hydrogens (tertiary/aromatic N) is 3. The first-order chi connectivity index (χ1) is 15.5. The van der Waals surface area contributed by atoms with E-state index in [4.69, 9.17) is 4.42 Å². The molecular weight excluding hydrogens is 418 g/mol. The lowest BCUT2D eigenvalue weighted by Gasteiger charge is -2.31. The van der Waals surface area contributed by atoms with E-state index in [0.29, 0.717) is 31.8 Å². The van der Waals surface area contributed by atoms with Crippen molar-refractivity contribution in [2.24, 2.45) is 0 Å². The van der Waals surface area contributed by atoms with E-state index in [1.165, 1.54) is 6.07 Å². The first-order valence-electron chi connectivity index (χ1n) is 10.7. The summed E-state index contributed by atoms with van der Waals surface area (Å²) in [7, 11) is 0. The summed E-state index contributed by atoms with van der Waals surface area (Å²) in [6, 6.07) is 9.90. The summed E-state index contributed by atoms with van der Waals surface area (Å²) in [5.41, 5.74) is 1.20. The molecule has 5 rings (SSSR count). The molecule has 7 nitrogen and oxygen atoms in total. The number of likely N-dealkylation sites (tertiary alicyclic amines) is 1. The van der Waals surface area contributed by atoms with E-state index in [0.717, 1.165) is 28.1 Å². The molecule has 166 valence electrons. The molecule has 2 aliphatic rings. The van der Waals surface area contributed by atoms with E-state index in [9.17, 15) is 18.4 Å². The second-order valence-electron chi connectivity index (χ2n) is 8.13. The van der Waals surface area contributed by atoms with Crippen LogP contribution in [0.25, 0.3) is 11.1 Å². The van der Waals surface area contributed by atoms with Gasteiger partial charge in [-0.2, -0.15) is 0 Å². The predicted molar refractivity (Wildman–Crippen MR) is 113 cm³/mol. The van der Waals surface area contributed by atoms with Gasteiger partial charge < -0.3 is 19.5 Å². The molecule has 1 atom stereocenters. The summed E-state index contributed by atoms with van der Waals surface area (Å²) in [5, 5.41) is 2.72. The molecule has 2 aliphatic heterocycles. The van der Waals surface area contributed by atoms with Crippen molar-refractivity contribution in [3.63, 3.8) is 0 Å². The third kappa shape index (κ3) is 3.68. The minimum atomic E-state index is -0.809. The van der Waals surface area contributed by atoms with Gasteiger partial charge in [-0.05, 0) is 43.5 Å². The lowest BCUT2D eigenvalue weighted by molar-refractivity contribution is -0.118. The van der Waals surface area contributed by atoms with Gasteiger partial charge in [-0.25, -0.2) is 18.6 Å². The lowest BCUT2D eigenvalue weighted by atomic mass is 9.97. The third-order valence-corrected chi connectivity index (χ3v) is 6.15. The average Bonchev–Trinajstić information content (AvgIpc) is 3.38. The van der Waals surface area contributed by atoms with E-state index in [-0.39, 0.29) is 30.6 Å². The highest BCUT2D eigenvalue weighted by Crippen LogP contribution is 2.31. The van der Waals surface area contributed by atoms with Crippen molar-refractivity contribution < 1.29 is 22.8 Å². The SMILES string of the molecule is O=C(NC1CCN(c2c(F)cccc2F)C1=O)N1CCC(c2nc3ccccc3o2)CC1. The van der Waals surface area contributed by atoms with Gasteiger partial charge in [0.15, 0.2) is 11.5 Å². The van der Waals surface area contributed by atoms with Crippen LogP contribution in [-0.2, 0) is 4.79 Å². The van der Waals surface area contributed by atoms with Crippen LogP contribution in [0.2, 0.25) is 0 Å². The number of urea groups is 1. The zero-order chi connectivity index (χ0) is 22.2. The summed E-state index contributed by atoms with van der Waals surface area (Å²) in [6.07, 6.45) is 1.69. The molecule has 0 spiro atoms. The monoisotopic (exact) mass is 440 g/mol. The van der Waals surface area contributed by atoms with E-state index >= 15 is 0 Å². The van der Waals surface area contributed by atoms with E-state index < -0.39 is 23.6 Å². The summed E-state index contributed by atoms with van der Waals surface area (Å²) in [6.45, 7) is 1.14. The van der Waals surface area contributed by atoms with Crippen molar-refractivity contribution in [1.82, 2.24) is 15.2 Å². The Balaban J connectivity index is 1.19. The molecule has 1 aromatic heterocycles. The zero-order valence-corrected chi connectivity index (χ0v) is 17.3. The van der Waals surface area contributed by atoms with Crippen LogP contribution >= 0.6 is 0 Å². The maximum Gasteiger partial charge on any atom is 0.318 e. The fourth-order valence-corrected chi connectivity index (χ4v) is 4.42. The quantitative estimate of drug-likeness (QED) is 0.672. The van der Waals surface area contributed by atoms with Crippen molar-refractivity contribution in [2.45, 2.75) is 31.2 Å². The van der Waals surface area contributed by atoms with E-state index in [2.05, 4.69) is 10.3 Å². The number of hydrogen-bond acceptors (Lipinski definition) is 4. The number of hydrogen-bond donors (Lipinski definition) is 1. The number of carbonyl (C=O) groups is 2. The zero-order valence-electron chi connectivity index (χ0n) is 17.3. The number of carbonyl (C=O) groups excluding carboxylic acids is 2. The van der Waals surface area contributed by atoms with Gasteiger partial charge in [-0.3, -0.25) is 4.79 Å². The first-order valence-corrected chi connectivity index (χ1v) is 10.7. The molecule has 0 saturated carbocycles. The van der Waals surface area contributed by atoms with Crippen LogP contribution in [0.5, 0.6) is 0 Å². The molecule has 0 aliphatic carbocycles. The Kier molecular flexibility index (Phi) is 5.24. The van der Waals surface area contributed by atoms with E-state index in [1.807, 2.05) is 24.3 Å². The highest BCUT2D eigenvalue weighted by atomic mass is 19.1.